The van der Waals surface area contributed by atoms with Crippen molar-refractivity contribution in [1.29, 1.82) is 0 Å². The largest absolute Gasteiger partial charge is 0.489 e. The van der Waals surface area contributed by atoms with Crippen LogP contribution in [0.5, 0.6) is 5.75 Å². The molecular weight excluding hydrogens is 330 g/mol. The van der Waals surface area contributed by atoms with Crippen molar-refractivity contribution in [3.63, 3.8) is 0 Å². The molecule has 0 bridgehead atoms. The number of methoxy groups -OCH3 is 1. The third-order valence-corrected chi connectivity index (χ3v) is 4.08. The van der Waals surface area contributed by atoms with E-state index in [1.165, 1.54) is 7.11 Å². The zero-order valence-electron chi connectivity index (χ0n) is 14.4. The Labute approximate surface area is 151 Å². The van der Waals surface area contributed by atoms with Crippen LogP contribution in [-0.2, 0) is 20.9 Å². The van der Waals surface area contributed by atoms with E-state index in [9.17, 15) is 9.59 Å². The molecule has 5 nitrogen and oxygen atoms in total. The first-order chi connectivity index (χ1) is 12.6. The van der Waals surface area contributed by atoms with Crippen LogP contribution in [-0.4, -0.2) is 19.0 Å². The standard InChI is InChI=1S/C21H19NO4/c1-14-19(21(24)25-2)18(20(23)22-14)12-15-8-10-17(11-9-15)26-13-16-6-4-3-5-7-16/h3-12,19H,1,13H2,2H3,(H,22,23)/b18-12+/t19-/m0/s1. The second-order valence-electron chi connectivity index (χ2n) is 5.88. The highest BCUT2D eigenvalue weighted by molar-refractivity contribution is 6.08. The molecule has 2 aromatic rings. The molecule has 0 unspecified atom stereocenters. The fourth-order valence-electron chi connectivity index (χ4n) is 2.73. The number of hydrogen-bond donors (Lipinski definition) is 1. The monoisotopic (exact) mass is 349 g/mol. The Bertz CT molecular complexity index is 853. The Kier molecular flexibility index (Phi) is 5.17. The van der Waals surface area contributed by atoms with Gasteiger partial charge >= 0.3 is 5.97 Å². The van der Waals surface area contributed by atoms with Crippen LogP contribution in [0.1, 0.15) is 11.1 Å². The molecule has 26 heavy (non-hydrogen) atoms. The smallest absolute Gasteiger partial charge is 0.319 e. The van der Waals surface area contributed by atoms with Gasteiger partial charge in [-0.2, -0.15) is 0 Å². The maximum Gasteiger partial charge on any atom is 0.319 e. The number of benzene rings is 2. The predicted octanol–water partition coefficient (Wildman–Crippen LogP) is 3.08. The molecule has 0 saturated carbocycles. The number of rotatable bonds is 5. The lowest BCUT2D eigenvalue weighted by molar-refractivity contribution is -0.142. The fourth-order valence-corrected chi connectivity index (χ4v) is 2.73. The number of esters is 1. The lowest BCUT2D eigenvalue weighted by Crippen LogP contribution is -2.17. The lowest BCUT2D eigenvalue weighted by Gasteiger charge is -2.09. The number of carbonyl (C=O) groups excluding carboxylic acids is 2. The summed E-state index contributed by atoms with van der Waals surface area (Å²) in [6.07, 6.45) is 1.66. The van der Waals surface area contributed by atoms with Gasteiger partial charge in [0.15, 0.2) is 0 Å². The van der Waals surface area contributed by atoms with Crippen molar-refractivity contribution < 1.29 is 19.1 Å². The van der Waals surface area contributed by atoms with E-state index in [-0.39, 0.29) is 5.91 Å². The summed E-state index contributed by atoms with van der Waals surface area (Å²) in [5, 5.41) is 2.58. The van der Waals surface area contributed by atoms with Crippen LogP contribution in [0, 0.1) is 5.92 Å². The van der Waals surface area contributed by atoms with Crippen LogP contribution < -0.4 is 10.1 Å². The Hall–Kier alpha value is -3.34. The average Bonchev–Trinajstić information content (AvgIpc) is 2.94. The van der Waals surface area contributed by atoms with Gasteiger partial charge in [0.25, 0.3) is 5.91 Å². The van der Waals surface area contributed by atoms with Gasteiger partial charge in [0.2, 0.25) is 0 Å². The van der Waals surface area contributed by atoms with Crippen molar-refractivity contribution >= 4 is 18.0 Å². The van der Waals surface area contributed by atoms with E-state index < -0.39 is 11.9 Å². The summed E-state index contributed by atoms with van der Waals surface area (Å²) in [4.78, 5) is 24.0. The number of nitrogens with one attached hydrogen (secondary N) is 1. The highest BCUT2D eigenvalue weighted by Gasteiger charge is 2.37. The van der Waals surface area contributed by atoms with Crippen LogP contribution in [0.4, 0.5) is 0 Å². The molecule has 132 valence electrons. The highest BCUT2D eigenvalue weighted by Crippen LogP contribution is 2.28. The molecule has 1 aliphatic rings. The van der Waals surface area contributed by atoms with Crippen molar-refractivity contribution in [3.05, 3.63) is 83.6 Å². The van der Waals surface area contributed by atoms with Crippen molar-refractivity contribution in [3.8, 4) is 5.75 Å². The minimum atomic E-state index is -0.790. The molecule has 1 saturated heterocycles. The molecular formula is C21H19NO4. The molecule has 1 heterocycles. The molecule has 2 aromatic carbocycles. The zero-order valence-corrected chi connectivity index (χ0v) is 14.4. The van der Waals surface area contributed by atoms with E-state index in [1.807, 2.05) is 54.6 Å². The second-order valence-corrected chi connectivity index (χ2v) is 5.88. The summed E-state index contributed by atoms with van der Waals surface area (Å²) in [5.41, 5.74) is 2.52. The van der Waals surface area contributed by atoms with E-state index in [2.05, 4.69) is 11.9 Å². The molecule has 1 atom stereocenters. The van der Waals surface area contributed by atoms with Crippen LogP contribution in [0.25, 0.3) is 6.08 Å². The highest BCUT2D eigenvalue weighted by atomic mass is 16.5. The van der Waals surface area contributed by atoms with Crippen LogP contribution >= 0.6 is 0 Å². The van der Waals surface area contributed by atoms with E-state index in [1.54, 1.807) is 6.08 Å². The van der Waals surface area contributed by atoms with Gasteiger partial charge in [-0.15, -0.1) is 0 Å². The molecule has 0 spiro atoms. The van der Waals surface area contributed by atoms with Gasteiger partial charge < -0.3 is 14.8 Å². The molecule has 3 rings (SSSR count). The maximum absolute atomic E-state index is 12.1. The minimum absolute atomic E-state index is 0.319. The normalized spacial score (nSPS) is 17.9. The second kappa shape index (κ2) is 7.70. The predicted molar refractivity (Wildman–Crippen MR) is 98.0 cm³/mol. The SMILES string of the molecule is C=C1NC(=O)/C(=C/c2ccc(OCc3ccccc3)cc2)[C@H]1C(=O)OC. The summed E-state index contributed by atoms with van der Waals surface area (Å²) >= 11 is 0. The van der Waals surface area contributed by atoms with Gasteiger partial charge in [0.1, 0.15) is 18.3 Å². The van der Waals surface area contributed by atoms with Crippen LogP contribution in [0.2, 0.25) is 0 Å². The number of carbonyl (C=O) groups is 2. The fraction of sp³-hybridized carbons (Fsp3) is 0.143. The summed E-state index contributed by atoms with van der Waals surface area (Å²) in [5.74, 6) is -0.917. The van der Waals surface area contributed by atoms with E-state index in [0.717, 1.165) is 16.9 Å². The van der Waals surface area contributed by atoms with Gasteiger partial charge in [-0.1, -0.05) is 49.0 Å². The summed E-state index contributed by atoms with van der Waals surface area (Å²) in [6.45, 7) is 4.20. The zero-order chi connectivity index (χ0) is 18.5. The first-order valence-corrected chi connectivity index (χ1v) is 8.15. The maximum atomic E-state index is 12.1. The van der Waals surface area contributed by atoms with Gasteiger partial charge in [-0.25, -0.2) is 0 Å². The van der Waals surface area contributed by atoms with Crippen molar-refractivity contribution in [2.24, 2.45) is 5.92 Å². The first-order valence-electron chi connectivity index (χ1n) is 8.15. The molecule has 1 fully saturated rings. The van der Waals surface area contributed by atoms with Gasteiger partial charge in [-0.05, 0) is 29.3 Å². The average molecular weight is 349 g/mol. The van der Waals surface area contributed by atoms with Crippen molar-refractivity contribution in [2.45, 2.75) is 6.61 Å². The third-order valence-electron chi connectivity index (χ3n) is 4.08. The lowest BCUT2D eigenvalue weighted by atomic mass is 9.98. The quantitative estimate of drug-likeness (QED) is 0.665. The summed E-state index contributed by atoms with van der Waals surface area (Å²) < 4.78 is 10.5. The topological polar surface area (TPSA) is 64.6 Å². The van der Waals surface area contributed by atoms with Gasteiger partial charge in [0, 0.05) is 11.3 Å². The van der Waals surface area contributed by atoms with Crippen molar-refractivity contribution in [2.75, 3.05) is 7.11 Å². The Morgan fingerprint density at radius 3 is 2.50 bits per heavy atom. The molecule has 1 N–H and O–H groups in total. The van der Waals surface area contributed by atoms with Gasteiger partial charge in [-0.3, -0.25) is 9.59 Å². The number of ether oxygens (including phenoxy) is 2. The van der Waals surface area contributed by atoms with Gasteiger partial charge in [0.05, 0.1) is 7.11 Å². The number of amides is 1. The molecule has 5 heteroatoms. The Morgan fingerprint density at radius 2 is 1.85 bits per heavy atom. The van der Waals surface area contributed by atoms with E-state index >= 15 is 0 Å². The molecule has 0 aliphatic carbocycles. The van der Waals surface area contributed by atoms with E-state index in [0.29, 0.717) is 17.9 Å². The van der Waals surface area contributed by atoms with Crippen molar-refractivity contribution in [1.82, 2.24) is 5.32 Å². The Morgan fingerprint density at radius 1 is 1.15 bits per heavy atom. The summed E-state index contributed by atoms with van der Waals surface area (Å²) in [7, 11) is 1.29. The first kappa shape index (κ1) is 17.5. The van der Waals surface area contributed by atoms with Crippen LogP contribution in [0.3, 0.4) is 0 Å². The third kappa shape index (κ3) is 3.83. The summed E-state index contributed by atoms with van der Waals surface area (Å²) in [6, 6.07) is 17.2. The Balaban J connectivity index is 1.73. The minimum Gasteiger partial charge on any atom is -0.489 e. The van der Waals surface area contributed by atoms with E-state index in [4.69, 9.17) is 9.47 Å². The van der Waals surface area contributed by atoms with Crippen LogP contribution in [0.15, 0.2) is 72.4 Å². The molecule has 1 amide bonds. The molecule has 1 aliphatic heterocycles. The number of hydrogen-bond acceptors (Lipinski definition) is 4. The molecule has 0 radical (unpaired) electrons. The molecule has 0 aromatic heterocycles.